The topological polar surface area (TPSA) is 72.2 Å². The van der Waals surface area contributed by atoms with E-state index >= 15 is 0 Å². The highest BCUT2D eigenvalue weighted by atomic mass is 35.5. The van der Waals surface area contributed by atoms with Crippen molar-refractivity contribution in [3.8, 4) is 0 Å². The molecule has 2 aromatic carbocycles. The molecule has 0 aromatic heterocycles. The molecular weight excluding hydrogens is 299 g/mol. The van der Waals surface area contributed by atoms with Gasteiger partial charge in [0.1, 0.15) is 0 Å². The lowest BCUT2D eigenvalue weighted by Crippen LogP contribution is -2.15. The zero-order chi connectivity index (χ0) is 14.7. The van der Waals surface area contributed by atoms with E-state index in [1.54, 1.807) is 36.4 Å². The maximum Gasteiger partial charge on any atom is 0.258 e. The molecule has 0 fully saturated rings. The first-order valence-corrected chi connectivity index (χ1v) is 6.40. The number of nitrogens with one attached hydrogen (secondary N) is 1. The lowest BCUT2D eigenvalue weighted by atomic mass is 10.1. The first-order valence-electron chi connectivity index (χ1n) is 5.64. The SMILES string of the molecule is NC(=O)c1cccc(NC(=O)c2c(Cl)cccc2Cl)c1. The molecule has 4 nitrogen and oxygen atoms in total. The van der Waals surface area contributed by atoms with Crippen molar-refractivity contribution >= 4 is 40.7 Å². The first-order chi connectivity index (χ1) is 9.49. The fourth-order valence-electron chi connectivity index (χ4n) is 1.66. The molecule has 3 N–H and O–H groups in total. The largest absolute Gasteiger partial charge is 0.366 e. The lowest BCUT2D eigenvalue weighted by Gasteiger charge is -2.09. The molecule has 20 heavy (non-hydrogen) atoms. The van der Waals surface area contributed by atoms with E-state index in [0.29, 0.717) is 11.3 Å². The van der Waals surface area contributed by atoms with Gasteiger partial charge in [0.05, 0.1) is 15.6 Å². The Bertz CT molecular complexity index is 666. The van der Waals surface area contributed by atoms with E-state index in [1.807, 2.05) is 0 Å². The second-order valence-corrected chi connectivity index (χ2v) is 4.81. The van der Waals surface area contributed by atoms with Gasteiger partial charge in [-0.05, 0) is 30.3 Å². The van der Waals surface area contributed by atoms with E-state index in [1.165, 1.54) is 6.07 Å². The molecule has 102 valence electrons. The Hall–Kier alpha value is -2.04. The van der Waals surface area contributed by atoms with Crippen molar-refractivity contribution in [1.82, 2.24) is 0 Å². The Balaban J connectivity index is 2.28. The van der Waals surface area contributed by atoms with E-state index in [2.05, 4.69) is 5.32 Å². The van der Waals surface area contributed by atoms with E-state index in [4.69, 9.17) is 28.9 Å². The average molecular weight is 309 g/mol. The van der Waals surface area contributed by atoms with Gasteiger partial charge < -0.3 is 11.1 Å². The predicted octanol–water partition coefficient (Wildman–Crippen LogP) is 3.34. The van der Waals surface area contributed by atoms with Crippen molar-refractivity contribution in [3.63, 3.8) is 0 Å². The summed E-state index contributed by atoms with van der Waals surface area (Å²) >= 11 is 11.9. The summed E-state index contributed by atoms with van der Waals surface area (Å²) in [6.07, 6.45) is 0. The van der Waals surface area contributed by atoms with Crippen molar-refractivity contribution < 1.29 is 9.59 Å². The van der Waals surface area contributed by atoms with Crippen LogP contribution in [0.2, 0.25) is 10.0 Å². The molecule has 0 aliphatic heterocycles. The number of carbonyl (C=O) groups excluding carboxylic acids is 2. The molecular formula is C14H10Cl2N2O2. The molecule has 0 saturated carbocycles. The minimum atomic E-state index is -0.572. The molecule has 2 aromatic rings. The molecule has 0 heterocycles. The summed E-state index contributed by atoms with van der Waals surface area (Å²) in [6.45, 7) is 0. The van der Waals surface area contributed by atoms with Crippen LogP contribution in [0, 0.1) is 0 Å². The Morgan fingerprint density at radius 1 is 1.00 bits per heavy atom. The number of hydrogen-bond donors (Lipinski definition) is 2. The second kappa shape index (κ2) is 5.94. The van der Waals surface area contributed by atoms with Crippen molar-refractivity contribution in [2.45, 2.75) is 0 Å². The second-order valence-electron chi connectivity index (χ2n) is 4.00. The fraction of sp³-hybridized carbons (Fsp3) is 0. The van der Waals surface area contributed by atoms with Crippen LogP contribution in [0.4, 0.5) is 5.69 Å². The Labute approximate surface area is 125 Å². The standard InChI is InChI=1S/C14H10Cl2N2O2/c15-10-5-2-6-11(16)12(10)14(20)18-9-4-1-3-8(7-9)13(17)19/h1-7H,(H2,17,19)(H,18,20). The molecule has 0 unspecified atom stereocenters. The average Bonchev–Trinajstić information content (AvgIpc) is 2.38. The summed E-state index contributed by atoms with van der Waals surface area (Å²) < 4.78 is 0. The first kappa shape index (κ1) is 14.4. The Morgan fingerprint density at radius 3 is 2.20 bits per heavy atom. The zero-order valence-electron chi connectivity index (χ0n) is 10.2. The van der Waals surface area contributed by atoms with E-state index in [-0.39, 0.29) is 15.6 Å². The predicted molar refractivity (Wildman–Crippen MR) is 79.4 cm³/mol. The van der Waals surface area contributed by atoms with E-state index in [0.717, 1.165) is 0 Å². The van der Waals surface area contributed by atoms with Gasteiger partial charge in [-0.1, -0.05) is 35.3 Å². The third kappa shape index (κ3) is 3.10. The zero-order valence-corrected chi connectivity index (χ0v) is 11.7. The van der Waals surface area contributed by atoms with Crippen LogP contribution in [-0.2, 0) is 0 Å². The minimum Gasteiger partial charge on any atom is -0.366 e. The van der Waals surface area contributed by atoms with E-state index < -0.39 is 11.8 Å². The molecule has 0 aliphatic rings. The fourth-order valence-corrected chi connectivity index (χ4v) is 2.23. The molecule has 0 radical (unpaired) electrons. The molecule has 6 heteroatoms. The third-order valence-electron chi connectivity index (χ3n) is 2.59. The highest BCUT2D eigenvalue weighted by molar-refractivity contribution is 6.40. The van der Waals surface area contributed by atoms with Gasteiger partial charge >= 0.3 is 0 Å². The Morgan fingerprint density at radius 2 is 1.60 bits per heavy atom. The van der Waals surface area contributed by atoms with Crippen molar-refractivity contribution in [3.05, 3.63) is 63.6 Å². The smallest absolute Gasteiger partial charge is 0.258 e. The van der Waals surface area contributed by atoms with Crippen LogP contribution in [0.25, 0.3) is 0 Å². The summed E-state index contributed by atoms with van der Waals surface area (Å²) in [5.41, 5.74) is 6.09. The molecule has 0 aliphatic carbocycles. The highest BCUT2D eigenvalue weighted by Crippen LogP contribution is 2.25. The minimum absolute atomic E-state index is 0.181. The highest BCUT2D eigenvalue weighted by Gasteiger charge is 2.14. The van der Waals surface area contributed by atoms with Crippen LogP contribution in [-0.4, -0.2) is 11.8 Å². The number of rotatable bonds is 3. The summed E-state index contributed by atoms with van der Waals surface area (Å²) in [4.78, 5) is 23.2. The van der Waals surface area contributed by atoms with Gasteiger partial charge in [0.25, 0.3) is 5.91 Å². The van der Waals surface area contributed by atoms with Gasteiger partial charge in [-0.15, -0.1) is 0 Å². The van der Waals surface area contributed by atoms with Crippen molar-refractivity contribution in [2.75, 3.05) is 5.32 Å². The van der Waals surface area contributed by atoms with Gasteiger partial charge in [-0.3, -0.25) is 9.59 Å². The van der Waals surface area contributed by atoms with E-state index in [9.17, 15) is 9.59 Å². The molecule has 2 rings (SSSR count). The Kier molecular flexibility index (Phi) is 4.27. The van der Waals surface area contributed by atoms with Crippen LogP contribution in [0.5, 0.6) is 0 Å². The molecule has 2 amide bonds. The maximum atomic E-state index is 12.1. The molecule has 0 spiro atoms. The normalized spacial score (nSPS) is 10.1. The van der Waals surface area contributed by atoms with Crippen molar-refractivity contribution in [1.29, 1.82) is 0 Å². The van der Waals surface area contributed by atoms with Crippen LogP contribution in [0.1, 0.15) is 20.7 Å². The quantitative estimate of drug-likeness (QED) is 0.912. The number of nitrogens with two attached hydrogens (primary N) is 1. The number of benzene rings is 2. The number of anilines is 1. The van der Waals surface area contributed by atoms with Crippen LogP contribution in [0.15, 0.2) is 42.5 Å². The number of amides is 2. The van der Waals surface area contributed by atoms with Gasteiger partial charge in [0.2, 0.25) is 5.91 Å². The van der Waals surface area contributed by atoms with Crippen LogP contribution >= 0.6 is 23.2 Å². The third-order valence-corrected chi connectivity index (χ3v) is 3.22. The lowest BCUT2D eigenvalue weighted by molar-refractivity contribution is 0.0996. The molecule has 0 atom stereocenters. The summed E-state index contributed by atoms with van der Waals surface area (Å²) in [7, 11) is 0. The summed E-state index contributed by atoms with van der Waals surface area (Å²) in [5, 5.41) is 3.12. The molecule has 0 saturated heterocycles. The number of hydrogen-bond acceptors (Lipinski definition) is 2. The molecule has 0 bridgehead atoms. The maximum absolute atomic E-state index is 12.1. The summed E-state index contributed by atoms with van der Waals surface area (Å²) in [5.74, 6) is -1.03. The number of halogens is 2. The van der Waals surface area contributed by atoms with Gasteiger partial charge in [0, 0.05) is 11.3 Å². The monoisotopic (exact) mass is 308 g/mol. The number of carbonyl (C=O) groups is 2. The van der Waals surface area contributed by atoms with Crippen molar-refractivity contribution in [2.24, 2.45) is 5.73 Å². The number of primary amides is 1. The summed E-state index contributed by atoms with van der Waals surface area (Å²) in [6, 6.07) is 11.1. The van der Waals surface area contributed by atoms with Gasteiger partial charge in [-0.25, -0.2) is 0 Å². The van der Waals surface area contributed by atoms with Gasteiger partial charge in [-0.2, -0.15) is 0 Å². The van der Waals surface area contributed by atoms with Crippen LogP contribution < -0.4 is 11.1 Å². The van der Waals surface area contributed by atoms with Crippen LogP contribution in [0.3, 0.4) is 0 Å². The van der Waals surface area contributed by atoms with Gasteiger partial charge in [0.15, 0.2) is 0 Å².